The second kappa shape index (κ2) is 7.97. The normalized spacial score (nSPS) is 21.6. The Hall–Kier alpha value is -1.46. The maximum Gasteiger partial charge on any atom is 0.309 e. The molecule has 1 aromatic heterocycles. The molecule has 2 heterocycles. The summed E-state index contributed by atoms with van der Waals surface area (Å²) in [7, 11) is 0. The van der Waals surface area contributed by atoms with Crippen molar-refractivity contribution in [2.45, 2.75) is 13.3 Å². The molecule has 1 aromatic rings. The van der Waals surface area contributed by atoms with Gasteiger partial charge in [0.25, 0.3) is 0 Å². The number of hydrogen-bond donors (Lipinski definition) is 1. The molecule has 2 unspecified atom stereocenters. The van der Waals surface area contributed by atoms with Gasteiger partial charge in [-0.15, -0.1) is 12.4 Å². The van der Waals surface area contributed by atoms with Gasteiger partial charge in [0.2, 0.25) is 0 Å². The van der Waals surface area contributed by atoms with Crippen LogP contribution in [0.5, 0.6) is 0 Å². The summed E-state index contributed by atoms with van der Waals surface area (Å²) in [5, 5.41) is 3.16. The molecule has 20 heavy (non-hydrogen) atoms. The van der Waals surface area contributed by atoms with Crippen LogP contribution >= 0.6 is 12.4 Å². The maximum absolute atomic E-state index is 12.4. The van der Waals surface area contributed by atoms with E-state index in [2.05, 4.69) is 10.3 Å². The zero-order valence-electron chi connectivity index (χ0n) is 11.4. The maximum atomic E-state index is 12.4. The van der Waals surface area contributed by atoms with Crippen molar-refractivity contribution >= 4 is 24.2 Å². The predicted molar refractivity (Wildman–Crippen MR) is 76.9 cm³/mol. The number of rotatable bonds is 4. The Bertz CT molecular complexity index is 453. The molecule has 1 saturated heterocycles. The lowest BCUT2D eigenvalue weighted by Crippen LogP contribution is -2.44. The summed E-state index contributed by atoms with van der Waals surface area (Å²) in [5.41, 5.74) is 0.408. The number of piperidine rings is 1. The van der Waals surface area contributed by atoms with E-state index in [1.807, 2.05) is 0 Å². The number of ether oxygens (including phenoxy) is 1. The zero-order valence-corrected chi connectivity index (χ0v) is 12.2. The highest BCUT2D eigenvalue weighted by Crippen LogP contribution is 2.24. The van der Waals surface area contributed by atoms with Crippen LogP contribution < -0.4 is 5.32 Å². The number of ketones is 1. The molecule has 0 aliphatic carbocycles. The van der Waals surface area contributed by atoms with E-state index >= 15 is 0 Å². The van der Waals surface area contributed by atoms with E-state index in [0.717, 1.165) is 6.54 Å². The van der Waals surface area contributed by atoms with Crippen molar-refractivity contribution in [3.05, 3.63) is 30.1 Å². The molecule has 5 nitrogen and oxygen atoms in total. The summed E-state index contributed by atoms with van der Waals surface area (Å²) >= 11 is 0. The largest absolute Gasteiger partial charge is 0.466 e. The van der Waals surface area contributed by atoms with Gasteiger partial charge in [0, 0.05) is 18.7 Å². The topological polar surface area (TPSA) is 68.3 Å². The summed E-state index contributed by atoms with van der Waals surface area (Å²) in [6.07, 6.45) is 2.21. The molecule has 2 rings (SSSR count). The molecular weight excluding hydrogens is 280 g/mol. The van der Waals surface area contributed by atoms with Crippen molar-refractivity contribution in [2.75, 3.05) is 19.7 Å². The van der Waals surface area contributed by atoms with Gasteiger partial charge in [-0.2, -0.15) is 0 Å². The number of pyridine rings is 1. The first-order chi connectivity index (χ1) is 9.24. The molecule has 0 saturated carbocycles. The molecule has 1 N–H and O–H groups in total. The molecular formula is C14H19ClN2O3. The summed E-state index contributed by atoms with van der Waals surface area (Å²) in [6, 6.07) is 5.22. The third-order valence-corrected chi connectivity index (χ3v) is 3.33. The van der Waals surface area contributed by atoms with E-state index in [1.165, 1.54) is 0 Å². The Labute approximate surface area is 124 Å². The number of halogens is 1. The molecule has 110 valence electrons. The van der Waals surface area contributed by atoms with Crippen LogP contribution in [0.25, 0.3) is 0 Å². The van der Waals surface area contributed by atoms with Gasteiger partial charge in [-0.1, -0.05) is 6.07 Å². The Morgan fingerprint density at radius 3 is 2.85 bits per heavy atom. The van der Waals surface area contributed by atoms with Crippen LogP contribution in [-0.4, -0.2) is 36.4 Å². The van der Waals surface area contributed by atoms with Crippen LogP contribution in [0.3, 0.4) is 0 Å². The molecule has 1 aliphatic rings. The van der Waals surface area contributed by atoms with Crippen molar-refractivity contribution in [1.82, 2.24) is 10.3 Å². The van der Waals surface area contributed by atoms with Gasteiger partial charge in [-0.3, -0.25) is 14.6 Å². The van der Waals surface area contributed by atoms with Gasteiger partial charge in [-0.25, -0.2) is 0 Å². The molecule has 6 heteroatoms. The number of nitrogens with zero attached hydrogens (tertiary/aromatic N) is 1. The molecule has 2 atom stereocenters. The van der Waals surface area contributed by atoms with Crippen molar-refractivity contribution in [3.63, 3.8) is 0 Å². The minimum absolute atomic E-state index is 0. The number of esters is 1. The average molecular weight is 299 g/mol. The third-order valence-electron chi connectivity index (χ3n) is 3.33. The van der Waals surface area contributed by atoms with E-state index in [0.29, 0.717) is 25.3 Å². The zero-order chi connectivity index (χ0) is 13.7. The lowest BCUT2D eigenvalue weighted by atomic mass is 9.82. The van der Waals surface area contributed by atoms with Gasteiger partial charge >= 0.3 is 5.97 Å². The Morgan fingerprint density at radius 2 is 2.20 bits per heavy atom. The second-order valence-electron chi connectivity index (χ2n) is 4.54. The van der Waals surface area contributed by atoms with Gasteiger partial charge in [0.15, 0.2) is 5.78 Å². The SMILES string of the molecule is CCOC(=O)C1CCNCC1C(=O)c1ccccn1.Cl. The van der Waals surface area contributed by atoms with Gasteiger partial charge in [-0.05, 0) is 32.0 Å². The van der Waals surface area contributed by atoms with Crippen molar-refractivity contribution < 1.29 is 14.3 Å². The molecule has 0 amide bonds. The van der Waals surface area contributed by atoms with Gasteiger partial charge in [0.05, 0.1) is 12.5 Å². The minimum Gasteiger partial charge on any atom is -0.466 e. The lowest BCUT2D eigenvalue weighted by Gasteiger charge is -2.29. The lowest BCUT2D eigenvalue weighted by molar-refractivity contribution is -0.150. The summed E-state index contributed by atoms with van der Waals surface area (Å²) in [5.74, 6) is -1.12. The van der Waals surface area contributed by atoms with Gasteiger partial charge in [0.1, 0.15) is 5.69 Å². The van der Waals surface area contributed by atoms with E-state index in [9.17, 15) is 9.59 Å². The molecule has 0 bridgehead atoms. The van der Waals surface area contributed by atoms with E-state index in [-0.39, 0.29) is 36.0 Å². The Morgan fingerprint density at radius 1 is 1.40 bits per heavy atom. The van der Waals surface area contributed by atoms with Crippen molar-refractivity contribution in [1.29, 1.82) is 0 Å². The van der Waals surface area contributed by atoms with E-state index < -0.39 is 0 Å². The first-order valence-corrected chi connectivity index (χ1v) is 6.56. The molecule has 0 radical (unpaired) electrons. The Kier molecular flexibility index (Phi) is 6.61. The summed E-state index contributed by atoms with van der Waals surface area (Å²) in [6.45, 7) is 3.34. The molecule has 1 aliphatic heterocycles. The van der Waals surface area contributed by atoms with Crippen LogP contribution in [0.1, 0.15) is 23.8 Å². The Balaban J connectivity index is 0.00000200. The number of carbonyl (C=O) groups excluding carboxylic acids is 2. The molecule has 0 spiro atoms. The van der Waals surface area contributed by atoms with Crippen LogP contribution in [0.2, 0.25) is 0 Å². The van der Waals surface area contributed by atoms with Crippen LogP contribution in [-0.2, 0) is 9.53 Å². The predicted octanol–water partition coefficient (Wildman–Crippen LogP) is 1.47. The smallest absolute Gasteiger partial charge is 0.309 e. The van der Waals surface area contributed by atoms with Crippen LogP contribution in [0, 0.1) is 11.8 Å². The minimum atomic E-state index is -0.386. The number of hydrogen-bond acceptors (Lipinski definition) is 5. The fourth-order valence-corrected chi connectivity index (χ4v) is 2.36. The monoisotopic (exact) mass is 298 g/mol. The van der Waals surface area contributed by atoms with Crippen LogP contribution in [0.15, 0.2) is 24.4 Å². The number of Topliss-reactive ketones (excluding diaryl/α,β-unsaturated/α-hetero) is 1. The third kappa shape index (κ3) is 3.77. The van der Waals surface area contributed by atoms with Crippen LogP contribution in [0.4, 0.5) is 0 Å². The van der Waals surface area contributed by atoms with Crippen molar-refractivity contribution in [3.8, 4) is 0 Å². The first kappa shape index (κ1) is 16.6. The summed E-state index contributed by atoms with van der Waals surface area (Å²) < 4.78 is 5.06. The summed E-state index contributed by atoms with van der Waals surface area (Å²) in [4.78, 5) is 28.4. The average Bonchev–Trinajstić information content (AvgIpc) is 2.47. The first-order valence-electron chi connectivity index (χ1n) is 6.56. The van der Waals surface area contributed by atoms with Gasteiger partial charge < -0.3 is 10.1 Å². The standard InChI is InChI=1S/C14H18N2O3.ClH/c1-2-19-14(18)10-6-8-15-9-11(10)13(17)12-5-3-4-7-16-12;/h3-5,7,10-11,15H,2,6,8-9H2,1H3;1H. The molecule has 1 fully saturated rings. The highest BCUT2D eigenvalue weighted by atomic mass is 35.5. The highest BCUT2D eigenvalue weighted by molar-refractivity contribution is 5.98. The highest BCUT2D eigenvalue weighted by Gasteiger charge is 2.37. The number of carbonyl (C=O) groups is 2. The van der Waals surface area contributed by atoms with E-state index in [4.69, 9.17) is 4.74 Å². The molecule has 0 aromatic carbocycles. The quantitative estimate of drug-likeness (QED) is 0.673. The number of nitrogens with one attached hydrogen (secondary N) is 1. The van der Waals surface area contributed by atoms with E-state index in [1.54, 1.807) is 31.3 Å². The number of aromatic nitrogens is 1. The fourth-order valence-electron chi connectivity index (χ4n) is 2.36. The second-order valence-corrected chi connectivity index (χ2v) is 4.54. The van der Waals surface area contributed by atoms with Crippen molar-refractivity contribution in [2.24, 2.45) is 11.8 Å². The fraction of sp³-hybridized carbons (Fsp3) is 0.500.